The van der Waals surface area contributed by atoms with Gasteiger partial charge >= 0.3 is 10.4 Å². The number of aliphatic hydroxyl groups excluding tert-OH is 5. The van der Waals surface area contributed by atoms with Gasteiger partial charge in [0.05, 0.1) is 25.4 Å². The number of ether oxygens (including phenoxy) is 2. The minimum absolute atomic E-state index is 0.239. The second-order valence-electron chi connectivity index (χ2n) is 14.0. The van der Waals surface area contributed by atoms with Gasteiger partial charge in [0.2, 0.25) is 5.91 Å². The maximum atomic E-state index is 13.0. The van der Waals surface area contributed by atoms with Crippen molar-refractivity contribution in [3.63, 3.8) is 0 Å². The molecule has 306 valence electrons. The Hall–Kier alpha value is -1.46. The van der Waals surface area contributed by atoms with E-state index in [1.54, 1.807) is 6.08 Å². The summed E-state index contributed by atoms with van der Waals surface area (Å²) in [5.74, 6) is -0.716. The Kier molecular flexibility index (Phi) is 27.9. The van der Waals surface area contributed by atoms with Gasteiger partial charge in [-0.05, 0) is 32.1 Å². The third-order valence-electron chi connectivity index (χ3n) is 9.34. The normalized spacial score (nSPS) is 23.0. The van der Waals surface area contributed by atoms with E-state index in [1.807, 2.05) is 0 Å². The zero-order chi connectivity index (χ0) is 38.6. The predicted molar refractivity (Wildman–Crippen MR) is 201 cm³/mol. The molecule has 1 rings (SSSR count). The van der Waals surface area contributed by atoms with Crippen LogP contribution < -0.4 is 5.32 Å². The molecule has 0 radical (unpaired) electrons. The summed E-state index contributed by atoms with van der Waals surface area (Å²) in [6.45, 7) is 3.10. The van der Waals surface area contributed by atoms with Crippen LogP contribution in [0.5, 0.6) is 0 Å². The minimum Gasteiger partial charge on any atom is -0.394 e. The highest BCUT2D eigenvalue weighted by atomic mass is 32.3. The number of carbonyl (C=O) groups excluding carboxylic acids is 1. The average molecular weight is 766 g/mol. The van der Waals surface area contributed by atoms with Crippen molar-refractivity contribution < 1.29 is 57.0 Å². The van der Waals surface area contributed by atoms with Crippen molar-refractivity contribution >= 4 is 16.3 Å². The number of aliphatic hydroxyl groups is 5. The number of allylic oxidation sites excluding steroid dienone is 3. The molecule has 7 N–H and O–H groups in total. The fourth-order valence-electron chi connectivity index (χ4n) is 6.12. The van der Waals surface area contributed by atoms with Gasteiger partial charge in [0, 0.05) is 0 Å². The standard InChI is InChI=1S/C38H71NO12S/c1-3-5-7-9-11-13-14-15-16-17-19-21-23-25-27-32(42)37(45)39-30(31(41)26-24-22-20-18-12-10-8-6-4-2)29-49-38-35(44)36(51-52(46,47)48)34(43)33(28-40)50-38/h12,18,24,26,30-36,38,40-44H,3-11,13-17,19-23,25,27-29H2,1-2H3,(H,39,45)(H,46,47,48)/b18-12+,26-24+. The van der Waals surface area contributed by atoms with Crippen LogP contribution in [0, 0.1) is 0 Å². The molecule has 14 heteroatoms. The van der Waals surface area contributed by atoms with Crippen molar-refractivity contribution in [1.82, 2.24) is 5.32 Å². The molecule has 1 heterocycles. The molecular weight excluding hydrogens is 694 g/mol. The molecule has 0 bridgehead atoms. The van der Waals surface area contributed by atoms with Crippen molar-refractivity contribution in [2.24, 2.45) is 0 Å². The molecule has 1 aliphatic rings. The van der Waals surface area contributed by atoms with Crippen LogP contribution in [0.25, 0.3) is 0 Å². The monoisotopic (exact) mass is 765 g/mol. The Morgan fingerprint density at radius 1 is 0.769 bits per heavy atom. The summed E-state index contributed by atoms with van der Waals surface area (Å²) >= 11 is 0. The van der Waals surface area contributed by atoms with E-state index in [-0.39, 0.29) is 6.42 Å². The van der Waals surface area contributed by atoms with E-state index < -0.39 is 78.5 Å². The zero-order valence-electron chi connectivity index (χ0n) is 31.7. The lowest BCUT2D eigenvalue weighted by molar-refractivity contribution is -0.298. The maximum Gasteiger partial charge on any atom is 0.397 e. The topological polar surface area (TPSA) is 212 Å². The van der Waals surface area contributed by atoms with E-state index in [0.717, 1.165) is 44.9 Å². The molecule has 8 atom stereocenters. The number of hydrogen-bond acceptors (Lipinski definition) is 11. The van der Waals surface area contributed by atoms with Gasteiger partial charge in [-0.1, -0.05) is 141 Å². The maximum absolute atomic E-state index is 13.0. The quantitative estimate of drug-likeness (QED) is 0.0268. The molecule has 1 fully saturated rings. The first-order valence-corrected chi connectivity index (χ1v) is 21.2. The molecule has 52 heavy (non-hydrogen) atoms. The highest BCUT2D eigenvalue weighted by Gasteiger charge is 2.48. The first-order chi connectivity index (χ1) is 24.9. The van der Waals surface area contributed by atoms with Crippen LogP contribution in [-0.2, 0) is 28.9 Å². The van der Waals surface area contributed by atoms with Gasteiger partial charge in [0.25, 0.3) is 0 Å². The Bertz CT molecular complexity index is 1060. The van der Waals surface area contributed by atoms with Crippen molar-refractivity contribution in [3.8, 4) is 0 Å². The Balaban J connectivity index is 2.67. The molecule has 0 aromatic rings. The van der Waals surface area contributed by atoms with Gasteiger partial charge in [-0.3, -0.25) is 9.35 Å². The van der Waals surface area contributed by atoms with Crippen LogP contribution in [0.4, 0.5) is 0 Å². The summed E-state index contributed by atoms with van der Waals surface area (Å²) in [5, 5.41) is 54.8. The Labute approximate surface area is 313 Å². The molecule has 13 nitrogen and oxygen atoms in total. The number of nitrogens with one attached hydrogen (secondary N) is 1. The summed E-state index contributed by atoms with van der Waals surface area (Å²) in [4.78, 5) is 13.0. The molecule has 0 saturated carbocycles. The molecule has 1 aliphatic heterocycles. The third kappa shape index (κ3) is 22.7. The smallest absolute Gasteiger partial charge is 0.394 e. The lowest BCUT2D eigenvalue weighted by Crippen LogP contribution is -2.61. The first kappa shape index (κ1) is 48.6. The van der Waals surface area contributed by atoms with E-state index in [9.17, 15) is 38.7 Å². The van der Waals surface area contributed by atoms with Gasteiger partial charge in [-0.15, -0.1) is 0 Å². The van der Waals surface area contributed by atoms with E-state index in [4.69, 9.17) is 14.0 Å². The number of carbonyl (C=O) groups is 1. The molecular formula is C38H71NO12S. The third-order valence-corrected chi connectivity index (χ3v) is 9.81. The zero-order valence-corrected chi connectivity index (χ0v) is 32.5. The Morgan fingerprint density at radius 3 is 1.85 bits per heavy atom. The summed E-state index contributed by atoms with van der Waals surface area (Å²) in [6.07, 6.45) is 18.7. The van der Waals surface area contributed by atoms with E-state index in [2.05, 4.69) is 35.5 Å². The predicted octanol–water partition coefficient (Wildman–Crippen LogP) is 5.18. The lowest BCUT2D eigenvalue weighted by Gasteiger charge is -2.41. The molecule has 1 saturated heterocycles. The van der Waals surface area contributed by atoms with Gasteiger partial charge in [-0.2, -0.15) is 8.42 Å². The summed E-state index contributed by atoms with van der Waals surface area (Å²) in [5.41, 5.74) is 0. The number of amides is 1. The summed E-state index contributed by atoms with van der Waals surface area (Å²) in [7, 11) is -5.11. The van der Waals surface area contributed by atoms with Crippen molar-refractivity contribution in [2.75, 3.05) is 13.2 Å². The molecule has 0 aromatic heterocycles. The highest BCUT2D eigenvalue weighted by Crippen LogP contribution is 2.26. The van der Waals surface area contributed by atoms with Crippen LogP contribution in [-0.4, -0.2) is 107 Å². The van der Waals surface area contributed by atoms with Gasteiger partial charge in [-0.25, -0.2) is 4.18 Å². The number of unbranched alkanes of at least 4 members (excludes halogenated alkanes) is 17. The van der Waals surface area contributed by atoms with Gasteiger partial charge in [0.1, 0.15) is 30.5 Å². The molecule has 0 spiro atoms. The van der Waals surface area contributed by atoms with Crippen molar-refractivity contribution in [2.45, 2.75) is 198 Å². The van der Waals surface area contributed by atoms with E-state index in [0.29, 0.717) is 12.8 Å². The minimum atomic E-state index is -5.11. The van der Waals surface area contributed by atoms with Crippen molar-refractivity contribution in [3.05, 3.63) is 24.3 Å². The summed E-state index contributed by atoms with van der Waals surface area (Å²) < 4.78 is 47.2. The highest BCUT2D eigenvalue weighted by molar-refractivity contribution is 7.80. The van der Waals surface area contributed by atoms with Crippen LogP contribution in [0.2, 0.25) is 0 Å². The van der Waals surface area contributed by atoms with Crippen LogP contribution in [0.3, 0.4) is 0 Å². The first-order valence-electron chi connectivity index (χ1n) is 19.8. The van der Waals surface area contributed by atoms with E-state index >= 15 is 0 Å². The number of hydrogen-bond donors (Lipinski definition) is 7. The Morgan fingerprint density at radius 2 is 1.29 bits per heavy atom. The fraction of sp³-hybridized carbons (Fsp3) is 0.868. The second-order valence-corrected chi connectivity index (χ2v) is 15.1. The molecule has 1 amide bonds. The molecule has 8 unspecified atom stereocenters. The average Bonchev–Trinajstić information content (AvgIpc) is 3.11. The molecule has 0 aromatic carbocycles. The number of rotatable bonds is 32. The van der Waals surface area contributed by atoms with Crippen LogP contribution >= 0.6 is 0 Å². The fourth-order valence-corrected chi connectivity index (χ4v) is 6.63. The summed E-state index contributed by atoms with van der Waals surface area (Å²) in [6, 6.07) is -1.13. The second kappa shape index (κ2) is 29.8. The lowest BCUT2D eigenvalue weighted by atomic mass is 9.99. The van der Waals surface area contributed by atoms with E-state index in [1.165, 1.54) is 76.7 Å². The van der Waals surface area contributed by atoms with Crippen molar-refractivity contribution in [1.29, 1.82) is 0 Å². The largest absolute Gasteiger partial charge is 0.397 e. The van der Waals surface area contributed by atoms with Crippen LogP contribution in [0.15, 0.2) is 24.3 Å². The molecule has 0 aliphatic carbocycles. The SMILES string of the molecule is CCCCC/C=C/CC/C=C/C(O)C(COC1OC(CO)C(O)C(OS(=O)(=O)O)C1O)NC(=O)C(O)CCCCCCCCCCCCCCCC. The van der Waals surface area contributed by atoms with Gasteiger partial charge < -0.3 is 40.3 Å². The van der Waals surface area contributed by atoms with Crippen LogP contribution in [0.1, 0.15) is 149 Å². The van der Waals surface area contributed by atoms with Gasteiger partial charge in [0.15, 0.2) is 6.29 Å².